The van der Waals surface area contributed by atoms with Crippen LogP contribution in [0.15, 0.2) is 0 Å². The first-order chi connectivity index (χ1) is 9.01. The number of nitrogens with zero attached hydrogens (tertiary/aromatic N) is 2. The van der Waals surface area contributed by atoms with Crippen molar-refractivity contribution in [3.05, 3.63) is 17.2 Å². The van der Waals surface area contributed by atoms with Crippen molar-refractivity contribution in [3.63, 3.8) is 0 Å². The first-order valence-electron chi connectivity index (χ1n) is 6.73. The van der Waals surface area contributed by atoms with E-state index in [0.717, 1.165) is 50.4 Å². The summed E-state index contributed by atoms with van der Waals surface area (Å²) in [7, 11) is -3.08. The number of hydrogen-bond acceptors (Lipinski definition) is 4. The molecule has 1 aromatic rings. The van der Waals surface area contributed by atoms with Crippen LogP contribution in [0, 0.1) is 0 Å². The fourth-order valence-corrected chi connectivity index (χ4v) is 2.97. The maximum absolute atomic E-state index is 11.0. The van der Waals surface area contributed by atoms with E-state index in [2.05, 4.69) is 26.5 Å². The van der Waals surface area contributed by atoms with Crippen LogP contribution in [0.3, 0.4) is 0 Å². The minimum Gasteiger partial charge on any atom is -0.332 e. The minimum absolute atomic E-state index is 0.479. The van der Waals surface area contributed by atoms with Gasteiger partial charge in [0.15, 0.2) is 0 Å². The number of fused-ring (bicyclic) bond motifs is 1. The summed E-state index contributed by atoms with van der Waals surface area (Å²) in [6.07, 6.45) is 3.89. The van der Waals surface area contributed by atoms with E-state index in [0.29, 0.717) is 6.54 Å². The monoisotopic (exact) mass is 286 g/mol. The topological polar surface area (TPSA) is 76.0 Å². The molecular formula is C12H22N4O2S. The number of aryl methyl sites for hydroxylation is 1. The zero-order chi connectivity index (χ0) is 13.9. The van der Waals surface area contributed by atoms with Crippen molar-refractivity contribution in [3.8, 4) is 0 Å². The molecule has 0 saturated heterocycles. The van der Waals surface area contributed by atoms with Gasteiger partial charge in [-0.15, -0.1) is 0 Å². The van der Waals surface area contributed by atoms with Crippen LogP contribution in [0.2, 0.25) is 0 Å². The Morgan fingerprint density at radius 3 is 2.95 bits per heavy atom. The molecule has 2 N–H and O–H groups in total. The second kappa shape index (κ2) is 6.02. The quantitative estimate of drug-likeness (QED) is 0.724. The lowest BCUT2D eigenvalue weighted by atomic mass is 10.2. The Morgan fingerprint density at radius 1 is 1.47 bits per heavy atom. The van der Waals surface area contributed by atoms with Crippen LogP contribution in [0.25, 0.3) is 0 Å². The van der Waals surface area contributed by atoms with E-state index in [1.165, 1.54) is 11.9 Å². The lowest BCUT2D eigenvalue weighted by molar-refractivity contribution is 0.549. The molecule has 1 aliphatic rings. The summed E-state index contributed by atoms with van der Waals surface area (Å²) < 4.78 is 26.8. The summed E-state index contributed by atoms with van der Waals surface area (Å²) in [5, 5.41) is 3.33. The second-order valence-corrected chi connectivity index (χ2v) is 6.71. The summed E-state index contributed by atoms with van der Waals surface area (Å²) in [6, 6.07) is 0. The van der Waals surface area contributed by atoms with Crippen LogP contribution < -0.4 is 10.0 Å². The molecule has 0 aliphatic carbocycles. The van der Waals surface area contributed by atoms with E-state index in [9.17, 15) is 8.42 Å². The SMILES string of the molecule is CCc1nc2c(n1CCCNS(C)(=O)=O)CCNC2. The van der Waals surface area contributed by atoms with E-state index in [1.807, 2.05) is 0 Å². The molecule has 0 aromatic carbocycles. The average molecular weight is 286 g/mol. The van der Waals surface area contributed by atoms with Crippen molar-refractivity contribution in [2.75, 3.05) is 19.3 Å². The van der Waals surface area contributed by atoms with Gasteiger partial charge in [0.1, 0.15) is 5.82 Å². The molecule has 0 unspecified atom stereocenters. The molecule has 0 amide bonds. The highest BCUT2D eigenvalue weighted by atomic mass is 32.2. The lowest BCUT2D eigenvalue weighted by Crippen LogP contribution is -2.26. The summed E-state index contributed by atoms with van der Waals surface area (Å²) in [5.41, 5.74) is 2.47. The van der Waals surface area contributed by atoms with E-state index in [1.54, 1.807) is 0 Å². The van der Waals surface area contributed by atoms with Crippen molar-refractivity contribution in [2.45, 2.75) is 39.3 Å². The highest BCUT2D eigenvalue weighted by Gasteiger charge is 2.18. The van der Waals surface area contributed by atoms with E-state index < -0.39 is 10.0 Å². The number of rotatable bonds is 6. The summed E-state index contributed by atoms with van der Waals surface area (Å²) in [4.78, 5) is 4.66. The van der Waals surface area contributed by atoms with Crippen LogP contribution in [-0.2, 0) is 36.0 Å². The number of imidazole rings is 1. The molecule has 19 heavy (non-hydrogen) atoms. The van der Waals surface area contributed by atoms with Crippen molar-refractivity contribution in [1.82, 2.24) is 19.6 Å². The van der Waals surface area contributed by atoms with Gasteiger partial charge in [0, 0.05) is 44.7 Å². The highest BCUT2D eigenvalue weighted by molar-refractivity contribution is 7.88. The highest BCUT2D eigenvalue weighted by Crippen LogP contribution is 2.17. The van der Waals surface area contributed by atoms with Gasteiger partial charge in [0.05, 0.1) is 11.9 Å². The Labute approximate surface area is 114 Å². The number of sulfonamides is 1. The van der Waals surface area contributed by atoms with Gasteiger partial charge in [-0.1, -0.05) is 6.92 Å². The lowest BCUT2D eigenvalue weighted by Gasteiger charge is -2.16. The Hall–Kier alpha value is -0.920. The molecule has 0 fully saturated rings. The van der Waals surface area contributed by atoms with Crippen LogP contribution in [0.1, 0.15) is 30.6 Å². The average Bonchev–Trinajstić information content (AvgIpc) is 2.71. The standard InChI is InChI=1S/C12H22N4O2S/c1-3-12-15-10-9-13-7-5-11(10)16(12)8-4-6-14-19(2,17)18/h13-14H,3-9H2,1-2H3. The van der Waals surface area contributed by atoms with E-state index in [4.69, 9.17) is 0 Å². The maximum Gasteiger partial charge on any atom is 0.208 e. The largest absolute Gasteiger partial charge is 0.332 e. The van der Waals surface area contributed by atoms with Crippen molar-refractivity contribution >= 4 is 10.0 Å². The Kier molecular flexibility index (Phi) is 4.59. The van der Waals surface area contributed by atoms with Crippen molar-refractivity contribution < 1.29 is 8.42 Å². The van der Waals surface area contributed by atoms with Crippen LogP contribution in [0.5, 0.6) is 0 Å². The van der Waals surface area contributed by atoms with Gasteiger partial charge in [0.2, 0.25) is 10.0 Å². The van der Waals surface area contributed by atoms with Gasteiger partial charge < -0.3 is 9.88 Å². The van der Waals surface area contributed by atoms with Crippen molar-refractivity contribution in [1.29, 1.82) is 0 Å². The third-order valence-electron chi connectivity index (χ3n) is 3.30. The molecule has 108 valence electrons. The fourth-order valence-electron chi connectivity index (χ4n) is 2.46. The number of hydrogen-bond donors (Lipinski definition) is 2. The first kappa shape index (κ1) is 14.5. The minimum atomic E-state index is -3.08. The summed E-state index contributed by atoms with van der Waals surface area (Å²) >= 11 is 0. The maximum atomic E-state index is 11.0. The fraction of sp³-hybridized carbons (Fsp3) is 0.750. The number of nitrogens with one attached hydrogen (secondary N) is 2. The van der Waals surface area contributed by atoms with Gasteiger partial charge in [-0.2, -0.15) is 0 Å². The Bertz CT molecular complexity index is 536. The molecule has 0 atom stereocenters. The molecule has 0 radical (unpaired) electrons. The third kappa shape index (κ3) is 3.77. The molecule has 2 rings (SSSR count). The molecular weight excluding hydrogens is 264 g/mol. The molecule has 6 nitrogen and oxygen atoms in total. The van der Waals surface area contributed by atoms with Gasteiger partial charge in [-0.3, -0.25) is 0 Å². The number of aromatic nitrogens is 2. The Balaban J connectivity index is 2.01. The molecule has 0 spiro atoms. The first-order valence-corrected chi connectivity index (χ1v) is 8.63. The molecule has 7 heteroatoms. The predicted octanol–water partition coefficient (Wildman–Crippen LogP) is 0.0305. The zero-order valence-corrected chi connectivity index (χ0v) is 12.4. The smallest absolute Gasteiger partial charge is 0.208 e. The second-order valence-electron chi connectivity index (χ2n) is 4.87. The molecule has 0 saturated carbocycles. The third-order valence-corrected chi connectivity index (χ3v) is 4.03. The van der Waals surface area contributed by atoms with Gasteiger partial charge in [-0.05, 0) is 6.42 Å². The molecule has 2 heterocycles. The van der Waals surface area contributed by atoms with Crippen LogP contribution in [-0.4, -0.2) is 37.3 Å². The van der Waals surface area contributed by atoms with Crippen LogP contribution in [0.4, 0.5) is 0 Å². The van der Waals surface area contributed by atoms with Gasteiger partial charge >= 0.3 is 0 Å². The van der Waals surface area contributed by atoms with Crippen LogP contribution >= 0.6 is 0 Å². The zero-order valence-electron chi connectivity index (χ0n) is 11.6. The van der Waals surface area contributed by atoms with Crippen molar-refractivity contribution in [2.24, 2.45) is 0 Å². The van der Waals surface area contributed by atoms with Gasteiger partial charge in [0.25, 0.3) is 0 Å². The summed E-state index contributed by atoms with van der Waals surface area (Å²) in [5.74, 6) is 1.10. The normalized spacial score (nSPS) is 15.5. The van der Waals surface area contributed by atoms with E-state index >= 15 is 0 Å². The van der Waals surface area contributed by atoms with Gasteiger partial charge in [-0.25, -0.2) is 18.1 Å². The van der Waals surface area contributed by atoms with E-state index in [-0.39, 0.29) is 0 Å². The molecule has 0 bridgehead atoms. The molecule has 1 aromatic heterocycles. The predicted molar refractivity (Wildman–Crippen MR) is 74.5 cm³/mol. The Morgan fingerprint density at radius 2 is 2.26 bits per heavy atom. The summed E-state index contributed by atoms with van der Waals surface area (Å²) in [6.45, 7) is 5.24. The molecule has 1 aliphatic heterocycles.